The molecule has 0 saturated carbocycles. The van der Waals surface area contributed by atoms with Crippen molar-refractivity contribution in [2.75, 3.05) is 13.1 Å². The first-order chi connectivity index (χ1) is 25.7. The highest BCUT2D eigenvalue weighted by Gasteiger charge is 2.35. The molecule has 19 heteroatoms. The molecule has 0 fully saturated rings. The summed E-state index contributed by atoms with van der Waals surface area (Å²) in [4.78, 5) is 99.2. The van der Waals surface area contributed by atoms with Crippen molar-refractivity contribution in [3.63, 3.8) is 0 Å². The number of hydrogen-bond donors (Lipinski definition) is 10. The van der Waals surface area contributed by atoms with Crippen LogP contribution in [-0.2, 0) is 33.6 Å². The number of rotatable bonds is 24. The Balaban J connectivity index is 6.16. The maximum atomic E-state index is 14.0. The van der Waals surface area contributed by atoms with Crippen LogP contribution in [0.3, 0.4) is 0 Å². The number of aliphatic imine (C=N–C) groups is 2. The minimum Gasteiger partial charge on any atom is -0.370 e. The molecular formula is C37H70N12O7. The number of nitrogens with zero attached hydrogens (tertiary/aromatic N) is 2. The summed E-state index contributed by atoms with van der Waals surface area (Å²) < 4.78 is 0. The van der Waals surface area contributed by atoms with Gasteiger partial charge in [-0.25, -0.2) is 0 Å². The molecule has 0 unspecified atom stereocenters. The molecule has 0 rings (SSSR count). The molecule has 0 aromatic rings. The average molecular weight is 795 g/mol. The smallest absolute Gasteiger partial charge is 0.243 e. The SMILES string of the molecule is CC(=O)N[C@@H](CCCN=C(N)N)C(=O)N[C@@H](CC(C)C)C(=O)N[C@@H](CC(C)(C)C)C(=O)N[C@@H](CC(C)(C)C)C(=O)N[C@@H](C)C(=O)N[C@H](C=O)CCCN=C(N)N. The summed E-state index contributed by atoms with van der Waals surface area (Å²) >= 11 is 0. The van der Waals surface area contributed by atoms with Gasteiger partial charge in [-0.15, -0.1) is 0 Å². The Labute approximate surface area is 331 Å². The van der Waals surface area contributed by atoms with E-state index in [2.05, 4.69) is 41.9 Å². The Morgan fingerprint density at radius 1 is 0.571 bits per heavy atom. The fourth-order valence-corrected chi connectivity index (χ4v) is 5.56. The van der Waals surface area contributed by atoms with Crippen molar-refractivity contribution >= 4 is 53.6 Å². The van der Waals surface area contributed by atoms with Gasteiger partial charge in [-0.2, -0.15) is 0 Å². The number of hydrogen-bond acceptors (Lipinski definition) is 9. The lowest BCUT2D eigenvalue weighted by atomic mass is 9.86. The third-order valence-electron chi connectivity index (χ3n) is 8.09. The molecule has 0 radical (unpaired) electrons. The van der Waals surface area contributed by atoms with Gasteiger partial charge in [-0.1, -0.05) is 55.4 Å². The molecule has 0 heterocycles. The predicted molar refractivity (Wildman–Crippen MR) is 216 cm³/mol. The molecule has 56 heavy (non-hydrogen) atoms. The largest absolute Gasteiger partial charge is 0.370 e. The van der Waals surface area contributed by atoms with Crippen molar-refractivity contribution in [3.8, 4) is 0 Å². The van der Waals surface area contributed by atoms with Gasteiger partial charge in [0.25, 0.3) is 0 Å². The molecule has 0 bridgehead atoms. The first kappa shape index (κ1) is 51.0. The molecule has 14 N–H and O–H groups in total. The van der Waals surface area contributed by atoms with E-state index in [4.69, 9.17) is 22.9 Å². The molecule has 0 aromatic carbocycles. The van der Waals surface area contributed by atoms with E-state index in [1.54, 1.807) is 0 Å². The number of aldehydes is 1. The van der Waals surface area contributed by atoms with Gasteiger partial charge in [0.15, 0.2) is 11.9 Å². The van der Waals surface area contributed by atoms with Crippen LogP contribution in [0.4, 0.5) is 0 Å². The van der Waals surface area contributed by atoms with Gasteiger partial charge in [0.2, 0.25) is 35.4 Å². The Kier molecular flexibility index (Phi) is 22.3. The number of nitrogens with two attached hydrogens (primary N) is 4. The van der Waals surface area contributed by atoms with E-state index in [0.717, 1.165) is 0 Å². The Bertz CT molecular complexity index is 1380. The standard InChI is InChI=1S/C37H70N12O7/c1-21(2)17-26(47-30(53)25(45-23(4)51)14-12-16-43-35(40)41)31(54)48-28(19-37(8,9)10)33(56)49-27(18-36(5,6)7)32(55)44-22(3)29(52)46-24(20-50)13-11-15-42-34(38)39/h20-22,24-28H,11-19H2,1-10H3,(H,44,55)(H,45,51)(H,46,52)(H,47,53)(H,48,54)(H,49,56)(H4,38,39,42)(H4,40,41,43)/t22-,24-,25-,26-,27-,28-/m0/s1. The van der Waals surface area contributed by atoms with E-state index in [-0.39, 0.29) is 63.0 Å². The first-order valence-electron chi connectivity index (χ1n) is 19.1. The topological polar surface area (TPSA) is 320 Å². The number of guanidine groups is 2. The lowest BCUT2D eigenvalue weighted by Gasteiger charge is -2.32. The van der Waals surface area contributed by atoms with Crippen LogP contribution in [0.25, 0.3) is 0 Å². The van der Waals surface area contributed by atoms with Gasteiger partial charge in [0.05, 0.1) is 6.04 Å². The van der Waals surface area contributed by atoms with Gasteiger partial charge >= 0.3 is 0 Å². The molecule has 6 amide bonds. The fourth-order valence-electron chi connectivity index (χ4n) is 5.56. The van der Waals surface area contributed by atoms with Crippen LogP contribution in [0, 0.1) is 16.7 Å². The number of carbonyl (C=O) groups excluding carboxylic acids is 7. The lowest BCUT2D eigenvalue weighted by molar-refractivity contribution is -0.136. The maximum Gasteiger partial charge on any atom is 0.243 e. The molecule has 320 valence electrons. The summed E-state index contributed by atoms with van der Waals surface area (Å²) in [6.07, 6.45) is 2.43. The number of carbonyl (C=O) groups is 7. The zero-order valence-corrected chi connectivity index (χ0v) is 35.0. The molecule has 0 aliphatic heterocycles. The van der Waals surface area contributed by atoms with Crippen LogP contribution in [0.5, 0.6) is 0 Å². The number of nitrogens with one attached hydrogen (secondary N) is 6. The van der Waals surface area contributed by atoms with E-state index in [9.17, 15) is 33.6 Å². The van der Waals surface area contributed by atoms with Crippen molar-refractivity contribution < 1.29 is 33.6 Å². The summed E-state index contributed by atoms with van der Waals surface area (Å²) in [6, 6.07) is -6.18. The fraction of sp³-hybridized carbons (Fsp3) is 0.757. The van der Waals surface area contributed by atoms with E-state index in [0.29, 0.717) is 19.1 Å². The van der Waals surface area contributed by atoms with Crippen LogP contribution < -0.4 is 54.8 Å². The van der Waals surface area contributed by atoms with E-state index < -0.39 is 82.5 Å². The molecule has 0 aliphatic carbocycles. The summed E-state index contributed by atoms with van der Waals surface area (Å²) in [5.41, 5.74) is 20.5. The minimum absolute atomic E-state index is 0.0485. The molecular weight excluding hydrogens is 724 g/mol. The van der Waals surface area contributed by atoms with Crippen LogP contribution >= 0.6 is 0 Å². The van der Waals surface area contributed by atoms with E-state index >= 15 is 0 Å². The van der Waals surface area contributed by atoms with Gasteiger partial charge < -0.3 is 59.6 Å². The average Bonchev–Trinajstić information content (AvgIpc) is 3.04. The quantitative estimate of drug-likeness (QED) is 0.0249. The van der Waals surface area contributed by atoms with Gasteiger partial charge in [0.1, 0.15) is 36.5 Å². The van der Waals surface area contributed by atoms with Crippen molar-refractivity contribution in [1.29, 1.82) is 0 Å². The van der Waals surface area contributed by atoms with Gasteiger partial charge in [-0.05, 0) is 68.6 Å². The predicted octanol–water partition coefficient (Wildman–Crippen LogP) is -0.840. The van der Waals surface area contributed by atoms with Crippen LogP contribution in [0.1, 0.15) is 114 Å². The van der Waals surface area contributed by atoms with Crippen molar-refractivity contribution in [3.05, 3.63) is 0 Å². The highest BCUT2D eigenvalue weighted by Crippen LogP contribution is 2.24. The van der Waals surface area contributed by atoms with E-state index in [1.165, 1.54) is 13.8 Å². The monoisotopic (exact) mass is 795 g/mol. The third-order valence-corrected chi connectivity index (χ3v) is 8.09. The van der Waals surface area contributed by atoms with E-state index in [1.807, 2.05) is 55.4 Å². The Hall–Kier alpha value is -4.97. The second-order valence-corrected chi connectivity index (χ2v) is 17.0. The normalized spacial score (nSPS) is 14.7. The zero-order chi connectivity index (χ0) is 43.4. The molecule has 0 saturated heterocycles. The van der Waals surface area contributed by atoms with Gasteiger partial charge in [-0.3, -0.25) is 38.8 Å². The molecule has 0 spiro atoms. The summed E-state index contributed by atoms with van der Waals surface area (Å²) in [5, 5.41) is 16.2. The summed E-state index contributed by atoms with van der Waals surface area (Å²) in [6.45, 7) is 18.3. The minimum atomic E-state index is -1.12. The summed E-state index contributed by atoms with van der Waals surface area (Å²) in [5.74, 6) is -3.77. The Morgan fingerprint density at radius 2 is 0.982 bits per heavy atom. The second kappa shape index (κ2) is 24.5. The second-order valence-electron chi connectivity index (χ2n) is 17.0. The highest BCUT2D eigenvalue weighted by molar-refractivity contribution is 5.96. The summed E-state index contributed by atoms with van der Waals surface area (Å²) in [7, 11) is 0. The maximum absolute atomic E-state index is 14.0. The van der Waals surface area contributed by atoms with Crippen molar-refractivity contribution in [2.45, 2.75) is 150 Å². The zero-order valence-electron chi connectivity index (χ0n) is 35.0. The number of amides is 6. The molecule has 6 atom stereocenters. The van der Waals surface area contributed by atoms with Crippen LogP contribution in [-0.4, -0.2) is 103 Å². The first-order valence-corrected chi connectivity index (χ1v) is 19.1. The van der Waals surface area contributed by atoms with Crippen LogP contribution in [0.2, 0.25) is 0 Å². The third kappa shape index (κ3) is 23.7. The van der Waals surface area contributed by atoms with Gasteiger partial charge in [0, 0.05) is 20.0 Å². The molecule has 19 nitrogen and oxygen atoms in total. The van der Waals surface area contributed by atoms with Crippen molar-refractivity contribution in [1.82, 2.24) is 31.9 Å². The molecule has 0 aromatic heterocycles. The van der Waals surface area contributed by atoms with Crippen molar-refractivity contribution in [2.24, 2.45) is 49.7 Å². The Morgan fingerprint density at radius 3 is 1.39 bits per heavy atom. The highest BCUT2D eigenvalue weighted by atomic mass is 16.2. The lowest BCUT2D eigenvalue weighted by Crippen LogP contribution is -2.60. The molecule has 0 aliphatic rings. The van der Waals surface area contributed by atoms with Crippen LogP contribution in [0.15, 0.2) is 9.98 Å².